The highest BCUT2D eigenvalue weighted by atomic mass is 16.5. The number of aromatic hydroxyl groups is 1. The van der Waals surface area contributed by atoms with Gasteiger partial charge in [-0.1, -0.05) is 6.92 Å². The monoisotopic (exact) mass is 253 g/mol. The van der Waals surface area contributed by atoms with E-state index in [9.17, 15) is 15.0 Å². The van der Waals surface area contributed by atoms with Crippen molar-refractivity contribution < 1.29 is 19.7 Å². The summed E-state index contributed by atoms with van der Waals surface area (Å²) < 4.78 is 4.90. The van der Waals surface area contributed by atoms with E-state index in [0.717, 1.165) is 0 Å². The molecule has 1 rings (SSSR count). The van der Waals surface area contributed by atoms with Gasteiger partial charge in [-0.3, -0.25) is 4.79 Å². The average molecular weight is 253 g/mol. The molecule has 5 nitrogen and oxygen atoms in total. The van der Waals surface area contributed by atoms with Gasteiger partial charge in [-0.25, -0.2) is 0 Å². The molecule has 5 heteroatoms. The fourth-order valence-electron chi connectivity index (χ4n) is 1.42. The zero-order chi connectivity index (χ0) is 13.8. The van der Waals surface area contributed by atoms with Gasteiger partial charge in [0.05, 0.1) is 19.3 Å². The van der Waals surface area contributed by atoms with Crippen LogP contribution in [0.1, 0.15) is 30.6 Å². The lowest BCUT2D eigenvalue weighted by Gasteiger charge is -2.27. The predicted molar refractivity (Wildman–Crippen MR) is 67.9 cm³/mol. The van der Waals surface area contributed by atoms with Gasteiger partial charge in [0.2, 0.25) is 0 Å². The van der Waals surface area contributed by atoms with Crippen molar-refractivity contribution in [3.8, 4) is 11.5 Å². The van der Waals surface area contributed by atoms with E-state index in [-0.39, 0.29) is 18.3 Å². The van der Waals surface area contributed by atoms with Crippen molar-refractivity contribution in [3.05, 3.63) is 23.8 Å². The van der Waals surface area contributed by atoms with Crippen LogP contribution in [0.2, 0.25) is 0 Å². The molecule has 1 aromatic carbocycles. The number of hydrogen-bond donors (Lipinski definition) is 3. The predicted octanol–water partition coefficient (Wildman–Crippen LogP) is 1.29. The smallest absolute Gasteiger partial charge is 0.251 e. The first-order valence-electron chi connectivity index (χ1n) is 5.76. The van der Waals surface area contributed by atoms with E-state index in [1.165, 1.54) is 19.2 Å². The highest BCUT2D eigenvalue weighted by Crippen LogP contribution is 2.26. The molecule has 3 N–H and O–H groups in total. The number of aliphatic hydroxyl groups is 1. The lowest BCUT2D eigenvalue weighted by molar-refractivity contribution is 0.0847. The molecule has 1 amide bonds. The molecular formula is C13H19NO4. The molecule has 100 valence electrons. The van der Waals surface area contributed by atoms with Crippen LogP contribution in [-0.2, 0) is 0 Å². The van der Waals surface area contributed by atoms with E-state index in [4.69, 9.17) is 4.74 Å². The minimum atomic E-state index is -0.660. The number of carbonyl (C=O) groups is 1. The zero-order valence-electron chi connectivity index (χ0n) is 10.9. The molecule has 0 heterocycles. The molecule has 0 bridgehead atoms. The third-order valence-corrected chi connectivity index (χ3v) is 2.99. The Hall–Kier alpha value is -1.75. The SMILES string of the molecule is CCC(C)(CO)NC(=O)c1ccc(OC)c(O)c1. The Morgan fingerprint density at radius 2 is 2.17 bits per heavy atom. The Labute approximate surface area is 106 Å². The number of nitrogens with one attached hydrogen (secondary N) is 1. The minimum Gasteiger partial charge on any atom is -0.504 e. The van der Waals surface area contributed by atoms with Crippen molar-refractivity contribution in [1.29, 1.82) is 0 Å². The molecule has 0 aliphatic carbocycles. The molecule has 0 saturated heterocycles. The first kappa shape index (κ1) is 14.3. The van der Waals surface area contributed by atoms with E-state index in [1.54, 1.807) is 13.0 Å². The largest absolute Gasteiger partial charge is 0.504 e. The fraction of sp³-hybridized carbons (Fsp3) is 0.462. The van der Waals surface area contributed by atoms with Crippen LogP contribution in [0.5, 0.6) is 11.5 Å². The zero-order valence-corrected chi connectivity index (χ0v) is 10.9. The molecule has 0 saturated carbocycles. The van der Waals surface area contributed by atoms with Gasteiger partial charge in [0.15, 0.2) is 11.5 Å². The summed E-state index contributed by atoms with van der Waals surface area (Å²) in [4.78, 5) is 12.0. The third-order valence-electron chi connectivity index (χ3n) is 2.99. The van der Waals surface area contributed by atoms with Crippen LogP contribution in [0.3, 0.4) is 0 Å². The standard InChI is InChI=1S/C13H19NO4/c1-4-13(2,8-15)14-12(17)9-5-6-11(18-3)10(16)7-9/h5-7,15-16H,4,8H2,1-3H3,(H,14,17). The summed E-state index contributed by atoms with van der Waals surface area (Å²) in [6.07, 6.45) is 0.609. The van der Waals surface area contributed by atoms with Crippen molar-refractivity contribution in [2.75, 3.05) is 13.7 Å². The Bertz CT molecular complexity index is 427. The van der Waals surface area contributed by atoms with Crippen LogP contribution >= 0.6 is 0 Å². The average Bonchev–Trinajstić information content (AvgIpc) is 2.38. The number of rotatable bonds is 5. The van der Waals surface area contributed by atoms with Gasteiger partial charge in [0.1, 0.15) is 0 Å². The van der Waals surface area contributed by atoms with Crippen LogP contribution in [-0.4, -0.2) is 35.4 Å². The van der Waals surface area contributed by atoms with Gasteiger partial charge in [-0.2, -0.15) is 0 Å². The first-order valence-corrected chi connectivity index (χ1v) is 5.76. The van der Waals surface area contributed by atoms with E-state index in [0.29, 0.717) is 17.7 Å². The van der Waals surface area contributed by atoms with Gasteiger partial charge >= 0.3 is 0 Å². The van der Waals surface area contributed by atoms with Crippen molar-refractivity contribution in [2.24, 2.45) is 0 Å². The molecule has 0 aliphatic heterocycles. The topological polar surface area (TPSA) is 78.8 Å². The summed E-state index contributed by atoms with van der Waals surface area (Å²) in [6, 6.07) is 4.41. The number of methoxy groups -OCH3 is 1. The number of carbonyl (C=O) groups excluding carboxylic acids is 1. The van der Waals surface area contributed by atoms with Crippen molar-refractivity contribution in [2.45, 2.75) is 25.8 Å². The van der Waals surface area contributed by atoms with Crippen LogP contribution in [0, 0.1) is 0 Å². The lowest BCUT2D eigenvalue weighted by atomic mass is 9.99. The minimum absolute atomic E-state index is 0.0904. The summed E-state index contributed by atoms with van der Waals surface area (Å²) in [5.41, 5.74) is -0.339. The number of benzene rings is 1. The van der Waals surface area contributed by atoms with E-state index < -0.39 is 5.54 Å². The number of phenols is 1. The molecule has 0 fully saturated rings. The summed E-state index contributed by atoms with van der Waals surface area (Å²) >= 11 is 0. The number of ether oxygens (including phenoxy) is 1. The number of phenolic OH excluding ortho intramolecular Hbond substituents is 1. The van der Waals surface area contributed by atoms with Gasteiger partial charge in [-0.15, -0.1) is 0 Å². The Balaban J connectivity index is 2.88. The van der Waals surface area contributed by atoms with Gasteiger partial charge < -0.3 is 20.3 Å². The molecule has 1 atom stereocenters. The number of amides is 1. The second kappa shape index (κ2) is 5.73. The summed E-state index contributed by atoms with van der Waals surface area (Å²) in [6.45, 7) is 3.49. The Morgan fingerprint density at radius 3 is 2.61 bits per heavy atom. The van der Waals surface area contributed by atoms with Crippen LogP contribution in [0.25, 0.3) is 0 Å². The van der Waals surface area contributed by atoms with Gasteiger partial charge in [-0.05, 0) is 31.5 Å². The molecule has 0 aromatic heterocycles. The Morgan fingerprint density at radius 1 is 1.50 bits per heavy atom. The van der Waals surface area contributed by atoms with Crippen molar-refractivity contribution >= 4 is 5.91 Å². The van der Waals surface area contributed by atoms with E-state index in [2.05, 4.69) is 5.32 Å². The molecule has 0 aliphatic rings. The maximum atomic E-state index is 12.0. The lowest BCUT2D eigenvalue weighted by Crippen LogP contribution is -2.48. The molecule has 0 radical (unpaired) electrons. The van der Waals surface area contributed by atoms with Crippen molar-refractivity contribution in [1.82, 2.24) is 5.32 Å². The quantitative estimate of drug-likeness (QED) is 0.739. The second-order valence-electron chi connectivity index (χ2n) is 4.41. The third kappa shape index (κ3) is 3.13. The molecular weight excluding hydrogens is 234 g/mol. The summed E-state index contributed by atoms with van der Waals surface area (Å²) in [5.74, 6) is -0.120. The first-order chi connectivity index (χ1) is 8.45. The highest BCUT2D eigenvalue weighted by Gasteiger charge is 2.24. The normalized spacial score (nSPS) is 13.8. The second-order valence-corrected chi connectivity index (χ2v) is 4.41. The summed E-state index contributed by atoms with van der Waals surface area (Å²) in [7, 11) is 1.44. The van der Waals surface area contributed by atoms with Crippen LogP contribution in [0.15, 0.2) is 18.2 Å². The van der Waals surface area contributed by atoms with Gasteiger partial charge in [0, 0.05) is 5.56 Å². The van der Waals surface area contributed by atoms with E-state index >= 15 is 0 Å². The molecule has 1 unspecified atom stereocenters. The van der Waals surface area contributed by atoms with Crippen LogP contribution in [0.4, 0.5) is 0 Å². The van der Waals surface area contributed by atoms with Crippen molar-refractivity contribution in [3.63, 3.8) is 0 Å². The molecule has 0 spiro atoms. The molecule has 1 aromatic rings. The van der Waals surface area contributed by atoms with E-state index in [1.807, 2.05) is 6.92 Å². The number of hydrogen-bond acceptors (Lipinski definition) is 4. The molecule has 18 heavy (non-hydrogen) atoms. The maximum absolute atomic E-state index is 12.0. The van der Waals surface area contributed by atoms with Crippen LogP contribution < -0.4 is 10.1 Å². The maximum Gasteiger partial charge on any atom is 0.251 e. The summed E-state index contributed by atoms with van der Waals surface area (Å²) in [5, 5.41) is 21.6. The number of aliphatic hydroxyl groups excluding tert-OH is 1. The van der Waals surface area contributed by atoms with Gasteiger partial charge in [0.25, 0.3) is 5.91 Å². The highest BCUT2D eigenvalue weighted by molar-refractivity contribution is 5.95. The Kier molecular flexibility index (Phi) is 4.55. The fourth-order valence-corrected chi connectivity index (χ4v) is 1.42.